The molecule has 12 heavy (non-hydrogen) atoms. The van der Waals surface area contributed by atoms with Gasteiger partial charge in [-0.25, -0.2) is 0 Å². The fourth-order valence-electron chi connectivity index (χ4n) is 2.57. The molecule has 2 aliphatic heterocycles. The van der Waals surface area contributed by atoms with Gasteiger partial charge in [-0.1, -0.05) is 0 Å². The highest BCUT2D eigenvalue weighted by Gasteiger charge is 2.45. The van der Waals surface area contributed by atoms with Crippen molar-refractivity contribution in [3.63, 3.8) is 0 Å². The fourth-order valence-corrected chi connectivity index (χ4v) is 2.57. The maximum absolute atomic E-state index is 6.08. The number of fused-ring (bicyclic) bond motifs is 2. The van der Waals surface area contributed by atoms with Gasteiger partial charge in [0.15, 0.2) is 0 Å². The van der Waals surface area contributed by atoms with Crippen molar-refractivity contribution in [1.82, 2.24) is 9.80 Å². The molecule has 3 nitrogen and oxygen atoms in total. The van der Waals surface area contributed by atoms with Crippen molar-refractivity contribution in [3.05, 3.63) is 0 Å². The van der Waals surface area contributed by atoms with Crippen molar-refractivity contribution < 1.29 is 0 Å². The van der Waals surface area contributed by atoms with Crippen molar-refractivity contribution in [1.29, 1.82) is 0 Å². The van der Waals surface area contributed by atoms with Gasteiger partial charge in [0.05, 0.1) is 5.66 Å². The van der Waals surface area contributed by atoms with E-state index < -0.39 is 0 Å². The van der Waals surface area contributed by atoms with Gasteiger partial charge in [-0.05, 0) is 27.3 Å². The highest BCUT2D eigenvalue weighted by molar-refractivity contribution is 5.01. The Morgan fingerprint density at radius 2 is 1.92 bits per heavy atom. The molecule has 0 aromatic heterocycles. The summed E-state index contributed by atoms with van der Waals surface area (Å²) in [5.41, 5.74) is 5.96. The van der Waals surface area contributed by atoms with E-state index in [4.69, 9.17) is 5.73 Å². The second kappa shape index (κ2) is 2.44. The molecule has 0 aromatic rings. The first kappa shape index (κ1) is 8.48. The van der Waals surface area contributed by atoms with Crippen molar-refractivity contribution in [2.75, 3.05) is 20.1 Å². The maximum atomic E-state index is 6.08. The fraction of sp³-hybridized carbons (Fsp3) is 1.00. The zero-order chi connectivity index (χ0) is 8.93. The number of likely N-dealkylation sites (tertiary alicyclic amines) is 2. The standard InChI is InChI=1S/C9H19N3/c1-9(2,10)12-6-7-4-8(12)5-11(7)3/h7-8H,4-6,10H2,1-3H3. The lowest BCUT2D eigenvalue weighted by atomic mass is 10.1. The quantitative estimate of drug-likeness (QED) is 0.603. The maximum Gasteiger partial charge on any atom is 0.0632 e. The molecule has 3 heteroatoms. The lowest BCUT2D eigenvalue weighted by molar-refractivity contribution is 0.0603. The van der Waals surface area contributed by atoms with E-state index in [0.717, 1.165) is 12.6 Å². The molecule has 2 saturated heterocycles. The molecule has 2 atom stereocenters. The zero-order valence-electron chi connectivity index (χ0n) is 8.25. The summed E-state index contributed by atoms with van der Waals surface area (Å²) in [6, 6.07) is 1.47. The number of piperazine rings is 1. The number of hydrogen-bond acceptors (Lipinski definition) is 3. The molecule has 2 fully saturated rings. The van der Waals surface area contributed by atoms with E-state index in [-0.39, 0.29) is 5.66 Å². The van der Waals surface area contributed by atoms with Crippen LogP contribution in [0.5, 0.6) is 0 Å². The van der Waals surface area contributed by atoms with Crippen LogP contribution in [0.4, 0.5) is 0 Å². The lowest BCUT2D eigenvalue weighted by Crippen LogP contribution is -2.58. The molecule has 0 amide bonds. The minimum absolute atomic E-state index is 0.124. The summed E-state index contributed by atoms with van der Waals surface area (Å²) in [4.78, 5) is 4.89. The van der Waals surface area contributed by atoms with Gasteiger partial charge in [0.1, 0.15) is 0 Å². The Hall–Kier alpha value is -0.120. The van der Waals surface area contributed by atoms with E-state index in [9.17, 15) is 0 Å². The Kier molecular flexibility index (Phi) is 1.72. The van der Waals surface area contributed by atoms with Gasteiger partial charge in [-0.15, -0.1) is 0 Å². The number of nitrogens with two attached hydrogens (primary N) is 1. The van der Waals surface area contributed by atoms with Crippen LogP contribution in [0, 0.1) is 0 Å². The minimum Gasteiger partial charge on any atom is -0.314 e. The molecule has 2 aliphatic rings. The van der Waals surface area contributed by atoms with Crippen LogP contribution in [-0.2, 0) is 0 Å². The van der Waals surface area contributed by atoms with Crippen molar-refractivity contribution in [2.45, 2.75) is 38.0 Å². The lowest BCUT2D eigenvalue weighted by Gasteiger charge is -2.40. The highest BCUT2D eigenvalue weighted by Crippen LogP contribution is 2.32. The van der Waals surface area contributed by atoms with Gasteiger partial charge >= 0.3 is 0 Å². The van der Waals surface area contributed by atoms with E-state index >= 15 is 0 Å². The Balaban J connectivity index is 2.08. The normalized spacial score (nSPS) is 38.0. The van der Waals surface area contributed by atoms with Crippen LogP contribution in [-0.4, -0.2) is 47.7 Å². The first-order chi connectivity index (χ1) is 5.48. The second-order valence-corrected chi connectivity index (χ2v) is 4.79. The van der Waals surface area contributed by atoms with Crippen LogP contribution in [0.3, 0.4) is 0 Å². The first-order valence-electron chi connectivity index (χ1n) is 4.74. The largest absolute Gasteiger partial charge is 0.314 e. The van der Waals surface area contributed by atoms with E-state index in [2.05, 4.69) is 30.7 Å². The molecule has 0 saturated carbocycles. The summed E-state index contributed by atoms with van der Waals surface area (Å²) < 4.78 is 0. The molecular weight excluding hydrogens is 150 g/mol. The van der Waals surface area contributed by atoms with Crippen molar-refractivity contribution in [2.24, 2.45) is 5.73 Å². The summed E-state index contributed by atoms with van der Waals surface area (Å²) in [6.45, 7) is 6.57. The molecule has 0 aromatic carbocycles. The van der Waals surface area contributed by atoms with Crippen molar-refractivity contribution in [3.8, 4) is 0 Å². The van der Waals surface area contributed by atoms with Crippen molar-refractivity contribution >= 4 is 0 Å². The van der Waals surface area contributed by atoms with Crippen LogP contribution < -0.4 is 5.73 Å². The minimum atomic E-state index is -0.124. The summed E-state index contributed by atoms with van der Waals surface area (Å²) in [7, 11) is 2.21. The Bertz CT molecular complexity index is 183. The number of likely N-dealkylation sites (N-methyl/N-ethyl adjacent to an activating group) is 1. The molecule has 2 rings (SSSR count). The summed E-state index contributed by atoms with van der Waals surface area (Å²) in [6.07, 6.45) is 1.32. The third-order valence-corrected chi connectivity index (χ3v) is 3.25. The Morgan fingerprint density at radius 1 is 1.25 bits per heavy atom. The van der Waals surface area contributed by atoms with Crippen LogP contribution in [0.2, 0.25) is 0 Å². The molecule has 2 bridgehead atoms. The van der Waals surface area contributed by atoms with Gasteiger partial charge < -0.3 is 10.6 Å². The van der Waals surface area contributed by atoms with Crippen LogP contribution >= 0.6 is 0 Å². The Labute approximate surface area is 74.5 Å². The van der Waals surface area contributed by atoms with Crippen LogP contribution in [0.1, 0.15) is 20.3 Å². The molecule has 70 valence electrons. The topological polar surface area (TPSA) is 32.5 Å². The molecule has 2 N–H and O–H groups in total. The van der Waals surface area contributed by atoms with Gasteiger partial charge in [-0.3, -0.25) is 4.90 Å². The Morgan fingerprint density at radius 3 is 2.25 bits per heavy atom. The SMILES string of the molecule is CN1CC2CC1CN2C(C)(C)N. The predicted octanol–water partition coefficient (Wildman–Crippen LogP) is 0.0695. The van der Waals surface area contributed by atoms with E-state index in [1.807, 2.05) is 0 Å². The number of rotatable bonds is 1. The van der Waals surface area contributed by atoms with Gasteiger partial charge in [-0.2, -0.15) is 0 Å². The summed E-state index contributed by atoms with van der Waals surface area (Å²) in [5, 5.41) is 0. The third-order valence-electron chi connectivity index (χ3n) is 3.25. The zero-order valence-corrected chi connectivity index (χ0v) is 8.25. The highest BCUT2D eigenvalue weighted by atomic mass is 15.4. The molecular formula is C9H19N3. The molecule has 0 spiro atoms. The summed E-state index contributed by atoms with van der Waals surface area (Å²) in [5.74, 6) is 0. The number of hydrogen-bond donors (Lipinski definition) is 1. The monoisotopic (exact) mass is 169 g/mol. The average Bonchev–Trinajstić information content (AvgIpc) is 2.41. The van der Waals surface area contributed by atoms with Gasteiger partial charge in [0.25, 0.3) is 0 Å². The third kappa shape index (κ3) is 1.16. The van der Waals surface area contributed by atoms with Crippen LogP contribution in [0.25, 0.3) is 0 Å². The molecule has 2 unspecified atom stereocenters. The smallest absolute Gasteiger partial charge is 0.0632 e. The van der Waals surface area contributed by atoms with Crippen LogP contribution in [0.15, 0.2) is 0 Å². The first-order valence-corrected chi connectivity index (χ1v) is 4.74. The molecule has 2 heterocycles. The van der Waals surface area contributed by atoms with E-state index in [1.54, 1.807) is 0 Å². The van der Waals surface area contributed by atoms with E-state index in [1.165, 1.54) is 13.0 Å². The number of nitrogens with zero attached hydrogens (tertiary/aromatic N) is 2. The second-order valence-electron chi connectivity index (χ2n) is 4.79. The molecule has 0 radical (unpaired) electrons. The van der Waals surface area contributed by atoms with E-state index in [0.29, 0.717) is 6.04 Å². The molecule has 0 aliphatic carbocycles. The predicted molar refractivity (Wildman–Crippen MR) is 49.8 cm³/mol. The summed E-state index contributed by atoms with van der Waals surface area (Å²) >= 11 is 0. The average molecular weight is 169 g/mol. The van der Waals surface area contributed by atoms with Gasteiger partial charge in [0.2, 0.25) is 0 Å². The van der Waals surface area contributed by atoms with Gasteiger partial charge in [0, 0.05) is 25.2 Å².